The van der Waals surface area contributed by atoms with E-state index in [0.29, 0.717) is 31.6 Å². The normalized spacial score (nSPS) is 16.2. The second kappa shape index (κ2) is 10.3. The number of aromatic carboxylic acids is 1. The summed E-state index contributed by atoms with van der Waals surface area (Å²) in [6.45, 7) is 2.90. The molecule has 0 aliphatic carbocycles. The van der Waals surface area contributed by atoms with Crippen LogP contribution in [0.25, 0.3) is 0 Å². The smallest absolute Gasteiger partial charge is 0.335 e. The van der Waals surface area contributed by atoms with Gasteiger partial charge in [-0.1, -0.05) is 11.6 Å². The first-order chi connectivity index (χ1) is 15.7. The molecule has 11 heteroatoms. The van der Waals surface area contributed by atoms with Crippen molar-refractivity contribution in [1.82, 2.24) is 0 Å². The van der Waals surface area contributed by atoms with Crippen LogP contribution in [0.5, 0.6) is 5.75 Å². The van der Waals surface area contributed by atoms with E-state index in [4.69, 9.17) is 21.1 Å². The first-order valence-electron chi connectivity index (χ1n) is 10.3. The maximum atomic E-state index is 13.2. The van der Waals surface area contributed by atoms with Crippen molar-refractivity contribution in [3.8, 4) is 5.75 Å². The molecule has 2 N–H and O–H groups in total. The van der Waals surface area contributed by atoms with Gasteiger partial charge in [0.05, 0.1) is 36.6 Å². The lowest BCUT2D eigenvalue weighted by molar-refractivity contribution is -0.148. The third kappa shape index (κ3) is 5.69. The molecular formula is C22H25ClN2O7S. The van der Waals surface area contributed by atoms with Gasteiger partial charge in [-0.05, 0) is 56.2 Å². The summed E-state index contributed by atoms with van der Waals surface area (Å²) in [4.78, 5) is 25.5. The number of carboxylic acid groups (broad SMARTS) is 1. The standard InChI is InChI=1S/C22H25ClN2O7S/c1-3-32-22(28)15-5-4-10-25(13-15)18-8-6-14(21(26)27)11-17(18)24-33(29,30)20-12-16(23)7-9-19(20)31-2/h6-9,11-12,15,24H,3-5,10,13H2,1-2H3,(H,26,27). The van der Waals surface area contributed by atoms with Gasteiger partial charge in [0.25, 0.3) is 10.0 Å². The minimum absolute atomic E-state index is 0.0708. The van der Waals surface area contributed by atoms with Gasteiger partial charge in [0.1, 0.15) is 10.6 Å². The van der Waals surface area contributed by atoms with E-state index in [2.05, 4.69) is 4.72 Å². The monoisotopic (exact) mass is 496 g/mol. The van der Waals surface area contributed by atoms with Gasteiger partial charge in [0.2, 0.25) is 0 Å². The van der Waals surface area contributed by atoms with Crippen LogP contribution in [0.1, 0.15) is 30.1 Å². The number of anilines is 2. The molecule has 1 heterocycles. The van der Waals surface area contributed by atoms with Gasteiger partial charge in [-0.25, -0.2) is 13.2 Å². The number of hydrogen-bond acceptors (Lipinski definition) is 7. The summed E-state index contributed by atoms with van der Waals surface area (Å²) in [6, 6.07) is 8.36. The van der Waals surface area contributed by atoms with Crippen molar-refractivity contribution in [3.05, 3.63) is 47.0 Å². The van der Waals surface area contributed by atoms with Gasteiger partial charge in [-0.15, -0.1) is 0 Å². The molecule has 9 nitrogen and oxygen atoms in total. The van der Waals surface area contributed by atoms with Crippen molar-refractivity contribution in [2.24, 2.45) is 5.92 Å². The van der Waals surface area contributed by atoms with Crippen LogP contribution < -0.4 is 14.4 Å². The molecule has 0 spiro atoms. The Morgan fingerprint density at radius 3 is 2.67 bits per heavy atom. The average Bonchev–Trinajstić information content (AvgIpc) is 2.79. The Morgan fingerprint density at radius 2 is 2.00 bits per heavy atom. The maximum Gasteiger partial charge on any atom is 0.335 e. The quantitative estimate of drug-likeness (QED) is 0.531. The van der Waals surface area contributed by atoms with Crippen LogP contribution in [0.3, 0.4) is 0 Å². The molecule has 1 aliphatic rings. The van der Waals surface area contributed by atoms with E-state index in [1.165, 1.54) is 43.5 Å². The third-order valence-electron chi connectivity index (χ3n) is 5.29. The van der Waals surface area contributed by atoms with Crippen LogP contribution in [0, 0.1) is 5.92 Å². The Hall–Kier alpha value is -2.98. The highest BCUT2D eigenvalue weighted by atomic mass is 35.5. The number of carbonyl (C=O) groups excluding carboxylic acids is 1. The van der Waals surface area contributed by atoms with E-state index in [0.717, 1.165) is 0 Å². The highest BCUT2D eigenvalue weighted by Gasteiger charge is 2.29. The van der Waals surface area contributed by atoms with Crippen molar-refractivity contribution in [2.75, 3.05) is 36.4 Å². The zero-order valence-corrected chi connectivity index (χ0v) is 19.8. The summed E-state index contributed by atoms with van der Waals surface area (Å²) in [6.07, 6.45) is 1.35. The number of sulfonamides is 1. The Morgan fingerprint density at radius 1 is 1.24 bits per heavy atom. The summed E-state index contributed by atoms with van der Waals surface area (Å²) in [5, 5.41) is 9.63. The number of carboxylic acids is 1. The van der Waals surface area contributed by atoms with E-state index in [1.807, 2.05) is 4.90 Å². The van der Waals surface area contributed by atoms with Gasteiger partial charge >= 0.3 is 11.9 Å². The molecule has 0 bridgehead atoms. The van der Waals surface area contributed by atoms with Crippen LogP contribution in [-0.2, 0) is 19.6 Å². The molecule has 1 atom stereocenters. The molecular weight excluding hydrogens is 472 g/mol. The fourth-order valence-electron chi connectivity index (χ4n) is 3.74. The zero-order valence-electron chi connectivity index (χ0n) is 18.2. The van der Waals surface area contributed by atoms with E-state index < -0.39 is 16.0 Å². The van der Waals surface area contributed by atoms with Crippen LogP contribution in [0.15, 0.2) is 41.3 Å². The summed E-state index contributed by atoms with van der Waals surface area (Å²) in [5.74, 6) is -1.79. The minimum atomic E-state index is -4.19. The molecule has 0 saturated carbocycles. The summed E-state index contributed by atoms with van der Waals surface area (Å²) < 4.78 is 39.2. The van der Waals surface area contributed by atoms with E-state index in [9.17, 15) is 23.1 Å². The van der Waals surface area contributed by atoms with Crippen molar-refractivity contribution < 1.29 is 32.6 Å². The Kier molecular flexibility index (Phi) is 7.70. The topological polar surface area (TPSA) is 122 Å². The number of nitrogens with one attached hydrogen (secondary N) is 1. The predicted octanol–water partition coefficient (Wildman–Crippen LogP) is 3.63. The number of methoxy groups -OCH3 is 1. The van der Waals surface area contributed by atoms with Crippen LogP contribution in [0.4, 0.5) is 11.4 Å². The molecule has 2 aromatic rings. The first-order valence-corrected chi connectivity index (χ1v) is 12.2. The number of benzene rings is 2. The molecule has 0 aromatic heterocycles. The van der Waals surface area contributed by atoms with Gasteiger partial charge in [-0.2, -0.15) is 0 Å². The molecule has 3 rings (SSSR count). The van der Waals surface area contributed by atoms with E-state index >= 15 is 0 Å². The molecule has 1 saturated heterocycles. The van der Waals surface area contributed by atoms with E-state index in [1.54, 1.807) is 6.92 Å². The predicted molar refractivity (Wildman–Crippen MR) is 124 cm³/mol. The Balaban J connectivity index is 2.01. The highest BCUT2D eigenvalue weighted by Crippen LogP contribution is 2.35. The summed E-state index contributed by atoms with van der Waals surface area (Å²) in [5.41, 5.74) is 0.438. The van der Waals surface area contributed by atoms with E-state index in [-0.39, 0.29) is 45.4 Å². The van der Waals surface area contributed by atoms with Crippen molar-refractivity contribution in [1.29, 1.82) is 0 Å². The highest BCUT2D eigenvalue weighted by molar-refractivity contribution is 7.92. The fourth-order valence-corrected chi connectivity index (χ4v) is 5.23. The number of carbonyl (C=O) groups is 2. The molecule has 33 heavy (non-hydrogen) atoms. The first kappa shape index (κ1) is 24.7. The third-order valence-corrected chi connectivity index (χ3v) is 6.91. The molecule has 1 unspecified atom stereocenters. The lowest BCUT2D eigenvalue weighted by atomic mass is 9.97. The number of nitrogens with zero attached hydrogens (tertiary/aromatic N) is 1. The number of hydrogen-bond donors (Lipinski definition) is 2. The summed E-state index contributed by atoms with van der Waals surface area (Å²) >= 11 is 6.00. The number of rotatable bonds is 8. The molecule has 1 fully saturated rings. The van der Waals surface area contributed by atoms with Crippen molar-refractivity contribution >= 4 is 44.9 Å². The van der Waals surface area contributed by atoms with Gasteiger partial charge in [0, 0.05) is 18.1 Å². The zero-order chi connectivity index (χ0) is 24.2. The second-order valence-corrected chi connectivity index (χ2v) is 9.56. The Labute approximate surface area is 197 Å². The Bertz CT molecular complexity index is 1150. The largest absolute Gasteiger partial charge is 0.495 e. The van der Waals surface area contributed by atoms with Gasteiger partial charge < -0.3 is 19.5 Å². The SMILES string of the molecule is CCOC(=O)C1CCCN(c2ccc(C(=O)O)cc2NS(=O)(=O)c2cc(Cl)ccc2OC)C1. The number of piperidine rings is 1. The lowest BCUT2D eigenvalue weighted by Crippen LogP contribution is -2.39. The van der Waals surface area contributed by atoms with Crippen LogP contribution >= 0.6 is 11.6 Å². The molecule has 0 amide bonds. The summed E-state index contributed by atoms with van der Waals surface area (Å²) in [7, 11) is -2.86. The van der Waals surface area contributed by atoms with Crippen LogP contribution in [0.2, 0.25) is 5.02 Å². The molecule has 178 valence electrons. The molecule has 2 aromatic carbocycles. The molecule has 1 aliphatic heterocycles. The van der Waals surface area contributed by atoms with Gasteiger partial charge in [0.15, 0.2) is 0 Å². The second-order valence-electron chi connectivity index (χ2n) is 7.47. The molecule has 0 radical (unpaired) electrons. The van der Waals surface area contributed by atoms with Crippen molar-refractivity contribution in [2.45, 2.75) is 24.7 Å². The average molecular weight is 497 g/mol. The number of ether oxygens (including phenoxy) is 2. The van der Waals surface area contributed by atoms with Gasteiger partial charge in [-0.3, -0.25) is 9.52 Å². The van der Waals surface area contributed by atoms with Crippen molar-refractivity contribution in [3.63, 3.8) is 0 Å². The van der Waals surface area contributed by atoms with Crippen LogP contribution in [-0.4, -0.2) is 52.3 Å². The lowest BCUT2D eigenvalue weighted by Gasteiger charge is -2.34. The fraction of sp³-hybridized carbons (Fsp3) is 0.364. The number of esters is 1. The minimum Gasteiger partial charge on any atom is -0.495 e. The maximum absolute atomic E-state index is 13.2. The number of halogens is 1.